The van der Waals surface area contributed by atoms with Gasteiger partial charge in [0.05, 0.1) is 30.8 Å². The third kappa shape index (κ3) is 3.54. The summed E-state index contributed by atoms with van der Waals surface area (Å²) in [5.41, 5.74) is -0.00905. The first kappa shape index (κ1) is 16.4. The number of hydrogen-bond acceptors (Lipinski definition) is 4. The summed E-state index contributed by atoms with van der Waals surface area (Å²) >= 11 is 0. The fourth-order valence-electron chi connectivity index (χ4n) is 3.23. The Balaban J connectivity index is 1.60. The Labute approximate surface area is 135 Å². The minimum atomic E-state index is -0.468. The number of rotatable bonds is 4. The van der Waals surface area contributed by atoms with Crippen LogP contribution in [0.25, 0.3) is 0 Å². The second-order valence-corrected chi connectivity index (χ2v) is 6.55. The third-order valence-corrected chi connectivity index (χ3v) is 4.69. The summed E-state index contributed by atoms with van der Waals surface area (Å²) in [5, 5.41) is 9.54. The van der Waals surface area contributed by atoms with Gasteiger partial charge in [0.15, 0.2) is 0 Å². The zero-order valence-electron chi connectivity index (χ0n) is 13.2. The van der Waals surface area contributed by atoms with E-state index < -0.39 is 5.82 Å². The summed E-state index contributed by atoms with van der Waals surface area (Å²) in [6.07, 6.45) is 0.850. The second-order valence-electron chi connectivity index (χ2n) is 6.55. The highest BCUT2D eigenvalue weighted by molar-refractivity contribution is 5.94. The average molecular weight is 322 g/mol. The van der Waals surface area contributed by atoms with E-state index in [-0.39, 0.29) is 23.5 Å². The van der Waals surface area contributed by atoms with Crippen molar-refractivity contribution in [2.45, 2.75) is 6.42 Å². The largest absolute Gasteiger partial charge is 0.396 e. The summed E-state index contributed by atoms with van der Waals surface area (Å²) in [5.74, 6) is -0.710. The molecule has 2 saturated heterocycles. The predicted octanol–water partition coefficient (Wildman–Crippen LogP) is 0.982. The van der Waals surface area contributed by atoms with Gasteiger partial charge in [0.2, 0.25) is 0 Å². The summed E-state index contributed by atoms with van der Waals surface area (Å²) < 4.78 is 19.0. The average Bonchev–Trinajstić information content (AvgIpc) is 2.76. The molecule has 1 amide bonds. The Bertz CT molecular complexity index is 557. The number of aliphatic hydroxyl groups is 1. The number of hydrogen-bond donors (Lipinski definition) is 1. The maximum absolute atomic E-state index is 13.8. The van der Waals surface area contributed by atoms with Gasteiger partial charge >= 0.3 is 0 Å². The van der Waals surface area contributed by atoms with Crippen molar-refractivity contribution in [3.05, 3.63) is 35.6 Å². The normalized spacial score (nSPS) is 21.6. The van der Waals surface area contributed by atoms with E-state index in [4.69, 9.17) is 4.74 Å². The van der Waals surface area contributed by atoms with Crippen molar-refractivity contribution in [2.75, 3.05) is 52.5 Å². The Hall–Kier alpha value is -1.50. The van der Waals surface area contributed by atoms with Crippen LogP contribution in [-0.2, 0) is 4.74 Å². The van der Waals surface area contributed by atoms with E-state index in [1.807, 2.05) is 0 Å². The Morgan fingerprint density at radius 3 is 2.65 bits per heavy atom. The molecular weight excluding hydrogens is 299 g/mol. The molecule has 0 aliphatic carbocycles. The lowest BCUT2D eigenvalue weighted by Gasteiger charge is -2.43. The number of carbonyl (C=O) groups excluding carboxylic acids is 1. The highest BCUT2D eigenvalue weighted by atomic mass is 19.1. The molecule has 6 heteroatoms. The molecule has 1 aromatic rings. The van der Waals surface area contributed by atoms with E-state index in [0.717, 1.165) is 26.1 Å². The summed E-state index contributed by atoms with van der Waals surface area (Å²) in [6.45, 7) is 4.93. The standard InChI is InChI=1S/C17H23FN2O3/c18-15-5-2-1-4-14(15)16(22)20-7-3-6-19(8-9-20)10-17(11-21)12-23-13-17/h1-2,4-5,21H,3,6-13H2. The second kappa shape index (κ2) is 6.95. The highest BCUT2D eigenvalue weighted by Gasteiger charge is 2.39. The first-order valence-corrected chi connectivity index (χ1v) is 8.08. The van der Waals surface area contributed by atoms with E-state index >= 15 is 0 Å². The number of amides is 1. The van der Waals surface area contributed by atoms with E-state index in [2.05, 4.69) is 4.90 Å². The van der Waals surface area contributed by atoms with Crippen molar-refractivity contribution < 1.29 is 19.0 Å². The molecule has 2 aliphatic heterocycles. The van der Waals surface area contributed by atoms with Crippen LogP contribution >= 0.6 is 0 Å². The van der Waals surface area contributed by atoms with E-state index in [0.29, 0.717) is 26.3 Å². The van der Waals surface area contributed by atoms with Crippen molar-refractivity contribution in [3.8, 4) is 0 Å². The molecule has 2 aliphatic rings. The monoisotopic (exact) mass is 322 g/mol. The van der Waals surface area contributed by atoms with Crippen LogP contribution < -0.4 is 0 Å². The molecule has 0 radical (unpaired) electrons. The topological polar surface area (TPSA) is 53.0 Å². The van der Waals surface area contributed by atoms with E-state index in [1.165, 1.54) is 12.1 Å². The third-order valence-electron chi connectivity index (χ3n) is 4.69. The maximum Gasteiger partial charge on any atom is 0.256 e. The van der Waals surface area contributed by atoms with E-state index in [1.54, 1.807) is 17.0 Å². The van der Waals surface area contributed by atoms with Gasteiger partial charge in [-0.3, -0.25) is 4.79 Å². The minimum Gasteiger partial charge on any atom is -0.396 e. The van der Waals surface area contributed by atoms with Crippen LogP contribution in [0.4, 0.5) is 4.39 Å². The molecule has 0 atom stereocenters. The molecule has 0 bridgehead atoms. The molecule has 23 heavy (non-hydrogen) atoms. The summed E-state index contributed by atoms with van der Waals surface area (Å²) in [7, 11) is 0. The quantitative estimate of drug-likeness (QED) is 0.898. The van der Waals surface area contributed by atoms with Crippen molar-refractivity contribution >= 4 is 5.91 Å². The number of benzene rings is 1. The van der Waals surface area contributed by atoms with Gasteiger partial charge in [0.25, 0.3) is 5.91 Å². The lowest BCUT2D eigenvalue weighted by Crippen LogP contribution is -2.53. The van der Waals surface area contributed by atoms with Crippen molar-refractivity contribution in [1.29, 1.82) is 0 Å². The molecule has 3 rings (SSSR count). The summed E-state index contributed by atoms with van der Waals surface area (Å²) in [4.78, 5) is 16.5. The molecule has 0 aromatic heterocycles. The molecule has 1 N–H and O–H groups in total. The van der Waals surface area contributed by atoms with Crippen LogP contribution in [0.3, 0.4) is 0 Å². The Morgan fingerprint density at radius 1 is 1.22 bits per heavy atom. The van der Waals surface area contributed by atoms with Crippen LogP contribution in [0, 0.1) is 11.2 Å². The van der Waals surface area contributed by atoms with Gasteiger partial charge in [-0.25, -0.2) is 4.39 Å². The zero-order valence-corrected chi connectivity index (χ0v) is 13.2. The lowest BCUT2D eigenvalue weighted by atomic mass is 9.86. The molecule has 2 heterocycles. The number of halogens is 1. The summed E-state index contributed by atoms with van der Waals surface area (Å²) in [6, 6.07) is 6.12. The molecule has 2 fully saturated rings. The molecular formula is C17H23FN2O3. The molecule has 0 saturated carbocycles. The minimum absolute atomic E-state index is 0.126. The Kier molecular flexibility index (Phi) is 4.94. The van der Waals surface area contributed by atoms with Crippen molar-refractivity contribution in [1.82, 2.24) is 9.80 Å². The molecule has 0 spiro atoms. The van der Waals surface area contributed by atoms with Gasteiger partial charge in [-0.15, -0.1) is 0 Å². The zero-order chi connectivity index (χ0) is 16.3. The van der Waals surface area contributed by atoms with Crippen LogP contribution in [0.15, 0.2) is 24.3 Å². The fraction of sp³-hybridized carbons (Fsp3) is 0.588. The van der Waals surface area contributed by atoms with Gasteiger partial charge in [0.1, 0.15) is 5.82 Å². The molecule has 0 unspecified atom stereocenters. The SMILES string of the molecule is O=C(c1ccccc1F)N1CCCN(CC2(CO)COC2)CC1. The number of nitrogens with zero attached hydrogens (tertiary/aromatic N) is 2. The van der Waals surface area contributed by atoms with Gasteiger partial charge in [-0.05, 0) is 25.1 Å². The number of carbonyl (C=O) groups is 1. The van der Waals surface area contributed by atoms with E-state index in [9.17, 15) is 14.3 Å². The van der Waals surface area contributed by atoms with Crippen LogP contribution in [0.2, 0.25) is 0 Å². The van der Waals surface area contributed by atoms with Crippen molar-refractivity contribution in [2.24, 2.45) is 5.41 Å². The first-order chi connectivity index (χ1) is 11.1. The first-order valence-electron chi connectivity index (χ1n) is 8.08. The van der Waals surface area contributed by atoms with Gasteiger partial charge in [0, 0.05) is 26.2 Å². The number of aliphatic hydroxyl groups excluding tert-OH is 1. The van der Waals surface area contributed by atoms with Crippen LogP contribution in [-0.4, -0.2) is 73.4 Å². The predicted molar refractivity (Wildman–Crippen MR) is 83.7 cm³/mol. The van der Waals surface area contributed by atoms with Crippen LogP contribution in [0.1, 0.15) is 16.8 Å². The molecule has 5 nitrogen and oxygen atoms in total. The fourth-order valence-corrected chi connectivity index (χ4v) is 3.23. The van der Waals surface area contributed by atoms with Gasteiger partial charge in [-0.2, -0.15) is 0 Å². The maximum atomic E-state index is 13.8. The van der Waals surface area contributed by atoms with Crippen LogP contribution in [0.5, 0.6) is 0 Å². The van der Waals surface area contributed by atoms with Crippen molar-refractivity contribution in [3.63, 3.8) is 0 Å². The lowest BCUT2D eigenvalue weighted by molar-refractivity contribution is -0.147. The number of ether oxygens (including phenoxy) is 1. The van der Waals surface area contributed by atoms with Gasteiger partial charge < -0.3 is 19.6 Å². The molecule has 126 valence electrons. The van der Waals surface area contributed by atoms with Gasteiger partial charge in [-0.1, -0.05) is 12.1 Å². The molecule has 1 aromatic carbocycles. The Morgan fingerprint density at radius 2 is 2.00 bits per heavy atom. The highest BCUT2D eigenvalue weighted by Crippen LogP contribution is 2.28. The smallest absolute Gasteiger partial charge is 0.256 e.